The summed E-state index contributed by atoms with van der Waals surface area (Å²) < 4.78 is 89.6. The van der Waals surface area contributed by atoms with E-state index in [2.05, 4.69) is 6.92 Å². The van der Waals surface area contributed by atoms with Crippen LogP contribution in [0.3, 0.4) is 0 Å². The number of hydrogen-bond acceptors (Lipinski definition) is 14. The molecule has 61 heavy (non-hydrogen) atoms. The van der Waals surface area contributed by atoms with Crippen molar-refractivity contribution in [2.24, 2.45) is 0 Å². The van der Waals surface area contributed by atoms with Crippen molar-refractivity contribution in [3.8, 4) is 0 Å². The molecule has 0 heterocycles. The Morgan fingerprint density at radius 1 is 0.295 bits per heavy atom. The highest BCUT2D eigenvalue weighted by atomic mass is 32.2. The third-order valence-electron chi connectivity index (χ3n) is 9.36. The van der Waals surface area contributed by atoms with Gasteiger partial charge in [-0.2, -0.15) is 8.42 Å². The molecule has 0 aliphatic carbocycles. The Balaban J connectivity index is 1.62. The Morgan fingerprint density at radius 3 is 0.803 bits per heavy atom. The van der Waals surface area contributed by atoms with Crippen LogP contribution < -0.4 is 0 Å². The topological polar surface area (TPSA) is 145 Å². The zero-order chi connectivity index (χ0) is 43.7. The molecule has 0 radical (unpaired) electrons. The summed E-state index contributed by atoms with van der Waals surface area (Å²) in [5.41, 5.74) is 0. The van der Waals surface area contributed by atoms with Crippen molar-refractivity contribution < 1.29 is 64.7 Å². The molecule has 0 amide bonds. The largest absolute Gasteiger partial charge is 0.379 e. The van der Waals surface area contributed by atoms with Gasteiger partial charge in [0.05, 0.1) is 150 Å². The smallest absolute Gasteiger partial charge is 0.297 e. The zero-order valence-electron chi connectivity index (χ0n) is 38.1. The zero-order valence-corrected chi connectivity index (χ0v) is 38.9. The summed E-state index contributed by atoms with van der Waals surface area (Å²) in [6.45, 7) is 13.1. The van der Waals surface area contributed by atoms with Gasteiger partial charge >= 0.3 is 0 Å². The van der Waals surface area contributed by atoms with E-state index in [1.165, 1.54) is 108 Å². The lowest BCUT2D eigenvalue weighted by Crippen LogP contribution is -2.16. The number of unbranched alkanes of at least 4 members (excludes halogenated alkanes) is 15. The van der Waals surface area contributed by atoms with Crippen LogP contribution in [-0.4, -0.2) is 160 Å². The summed E-state index contributed by atoms with van der Waals surface area (Å²) in [5.74, 6) is 0. The van der Waals surface area contributed by atoms with Crippen LogP contribution in [0.2, 0.25) is 0 Å². The summed E-state index contributed by atoms with van der Waals surface area (Å²) >= 11 is 0. The van der Waals surface area contributed by atoms with Crippen LogP contribution in [-0.2, 0) is 66.4 Å². The first-order valence-electron chi connectivity index (χ1n) is 23.5. The fourth-order valence-corrected chi connectivity index (χ4v) is 6.83. The van der Waals surface area contributed by atoms with E-state index in [0.29, 0.717) is 132 Å². The van der Waals surface area contributed by atoms with Crippen LogP contribution in [0.15, 0.2) is 35.2 Å². The average Bonchev–Trinajstić information content (AvgIpc) is 3.27. The maximum atomic E-state index is 12.0. The number of hydrogen-bond donors (Lipinski definition) is 0. The van der Waals surface area contributed by atoms with Crippen LogP contribution >= 0.6 is 0 Å². The van der Waals surface area contributed by atoms with E-state index < -0.39 is 10.1 Å². The molecule has 0 fully saturated rings. The number of ether oxygens (including phenoxy) is 11. The monoisotopic (exact) mass is 895 g/mol. The first-order valence-corrected chi connectivity index (χ1v) is 24.9. The minimum absolute atomic E-state index is 0.0575. The van der Waals surface area contributed by atoms with E-state index >= 15 is 0 Å². The number of rotatable bonds is 52. The Bertz CT molecular complexity index is 1090. The molecule has 1 rings (SSSR count). The maximum Gasteiger partial charge on any atom is 0.297 e. The molecule has 0 aliphatic heterocycles. The fourth-order valence-electron chi connectivity index (χ4n) is 5.91. The van der Waals surface area contributed by atoms with Crippen LogP contribution in [0.4, 0.5) is 0 Å². The van der Waals surface area contributed by atoms with Crippen molar-refractivity contribution in [2.75, 3.05) is 152 Å². The molecule has 15 heteroatoms. The predicted octanol–water partition coefficient (Wildman–Crippen LogP) is 7.84. The van der Waals surface area contributed by atoms with Gasteiger partial charge < -0.3 is 52.1 Å². The molecule has 0 unspecified atom stereocenters. The molecule has 0 atom stereocenters. The van der Waals surface area contributed by atoms with Crippen LogP contribution in [0.5, 0.6) is 0 Å². The van der Waals surface area contributed by atoms with Crippen molar-refractivity contribution in [2.45, 2.75) is 115 Å². The van der Waals surface area contributed by atoms with Gasteiger partial charge in [0.15, 0.2) is 0 Å². The molecule has 1 aromatic carbocycles. The molecule has 0 N–H and O–H groups in total. The van der Waals surface area contributed by atoms with Crippen LogP contribution in [0.1, 0.15) is 110 Å². The highest BCUT2D eigenvalue weighted by Gasteiger charge is 2.13. The quantitative estimate of drug-likeness (QED) is 0.0463. The second-order valence-corrected chi connectivity index (χ2v) is 16.2. The van der Waals surface area contributed by atoms with Crippen molar-refractivity contribution in [3.05, 3.63) is 30.3 Å². The minimum atomic E-state index is -3.76. The highest BCUT2D eigenvalue weighted by Crippen LogP contribution is 2.14. The lowest BCUT2D eigenvalue weighted by atomic mass is 10.0. The summed E-state index contributed by atoms with van der Waals surface area (Å²) in [7, 11) is -3.76. The van der Waals surface area contributed by atoms with Crippen molar-refractivity contribution in [1.29, 1.82) is 0 Å². The highest BCUT2D eigenvalue weighted by molar-refractivity contribution is 7.86. The summed E-state index contributed by atoms with van der Waals surface area (Å²) in [6, 6.07) is 8.00. The molecule has 360 valence electrons. The van der Waals surface area contributed by atoms with Crippen molar-refractivity contribution in [3.63, 3.8) is 0 Å². The normalized spacial score (nSPS) is 11.9. The van der Waals surface area contributed by atoms with Gasteiger partial charge in [-0.1, -0.05) is 121 Å². The molecule has 0 bridgehead atoms. The van der Waals surface area contributed by atoms with E-state index in [0.717, 1.165) is 13.0 Å². The molecule has 0 saturated carbocycles. The lowest BCUT2D eigenvalue weighted by molar-refractivity contribution is -0.0277. The average molecular weight is 895 g/mol. The molecule has 14 nitrogen and oxygen atoms in total. The molecular formula is C46H86O14S. The molecular weight excluding hydrogens is 809 g/mol. The minimum Gasteiger partial charge on any atom is -0.379 e. The van der Waals surface area contributed by atoms with Gasteiger partial charge in [-0.05, 0) is 18.6 Å². The van der Waals surface area contributed by atoms with Gasteiger partial charge in [0.25, 0.3) is 10.1 Å². The molecule has 0 aromatic heterocycles. The Kier molecular flexibility index (Phi) is 45.6. The first kappa shape index (κ1) is 57.7. The second kappa shape index (κ2) is 48.2. The van der Waals surface area contributed by atoms with Crippen molar-refractivity contribution >= 4 is 10.1 Å². The lowest BCUT2D eigenvalue weighted by Gasteiger charge is -2.09. The SMILES string of the molecule is CCCCCCCCCCCCCCCCCCOCCOCCOCCOCCOCCOCCOCCOCCOCCOCCOCCOS(=O)(=O)c1ccccc1. The van der Waals surface area contributed by atoms with Crippen LogP contribution in [0.25, 0.3) is 0 Å². The Hall–Kier alpha value is -1.31. The Labute approximate surface area is 370 Å². The van der Waals surface area contributed by atoms with E-state index in [1.54, 1.807) is 18.2 Å². The fraction of sp³-hybridized carbons (Fsp3) is 0.870. The Morgan fingerprint density at radius 2 is 0.525 bits per heavy atom. The third kappa shape index (κ3) is 43.7. The van der Waals surface area contributed by atoms with Gasteiger partial charge in [-0.15, -0.1) is 0 Å². The molecule has 1 aromatic rings. The van der Waals surface area contributed by atoms with Gasteiger partial charge in [-0.3, -0.25) is 4.18 Å². The number of benzene rings is 1. The van der Waals surface area contributed by atoms with E-state index in [-0.39, 0.29) is 18.1 Å². The van der Waals surface area contributed by atoms with E-state index in [4.69, 9.17) is 56.3 Å². The van der Waals surface area contributed by atoms with Gasteiger partial charge in [-0.25, -0.2) is 0 Å². The van der Waals surface area contributed by atoms with E-state index in [9.17, 15) is 8.42 Å². The third-order valence-corrected chi connectivity index (χ3v) is 10.7. The van der Waals surface area contributed by atoms with Gasteiger partial charge in [0.1, 0.15) is 0 Å². The maximum absolute atomic E-state index is 12.0. The molecule has 0 saturated heterocycles. The summed E-state index contributed by atoms with van der Waals surface area (Å²) in [4.78, 5) is 0.122. The van der Waals surface area contributed by atoms with E-state index in [1.807, 2.05) is 0 Å². The predicted molar refractivity (Wildman–Crippen MR) is 238 cm³/mol. The standard InChI is InChI=1S/C46H86O14S/c1-2-3-4-5-6-7-8-9-10-11-12-13-14-15-16-20-23-49-24-25-50-26-27-51-28-29-52-30-31-53-32-33-54-34-35-55-36-37-56-38-39-57-40-41-58-42-43-59-44-45-60-61(47,48)46-21-18-17-19-22-46/h17-19,21-22H,2-16,20,23-45H2,1H3. The first-order chi connectivity index (χ1) is 30.2. The molecule has 0 spiro atoms. The molecule has 0 aliphatic rings. The van der Waals surface area contributed by atoms with Gasteiger partial charge in [0, 0.05) is 6.61 Å². The van der Waals surface area contributed by atoms with Crippen LogP contribution in [0, 0.1) is 0 Å². The summed E-state index contributed by atoms with van der Waals surface area (Å²) in [6.07, 6.45) is 22.1. The van der Waals surface area contributed by atoms with Crippen molar-refractivity contribution in [1.82, 2.24) is 0 Å². The second-order valence-electron chi connectivity index (χ2n) is 14.6. The van der Waals surface area contributed by atoms with Gasteiger partial charge in [0.2, 0.25) is 0 Å². The summed E-state index contributed by atoms with van der Waals surface area (Å²) in [5, 5.41) is 0.